The highest BCUT2D eigenvalue weighted by molar-refractivity contribution is 4.78. The summed E-state index contributed by atoms with van der Waals surface area (Å²) in [5.41, 5.74) is 0. The highest BCUT2D eigenvalue weighted by atomic mass is 16.3. The third-order valence-electron chi connectivity index (χ3n) is 2.20. The molecular weight excluding hydrogens is 114 g/mol. The Morgan fingerprint density at radius 1 is 1.67 bits per heavy atom. The summed E-state index contributed by atoms with van der Waals surface area (Å²) >= 11 is 0. The highest BCUT2D eigenvalue weighted by Crippen LogP contribution is 2.18. The van der Waals surface area contributed by atoms with E-state index in [1.54, 1.807) is 0 Å². The van der Waals surface area contributed by atoms with Gasteiger partial charge in [0.15, 0.2) is 0 Å². The first kappa shape index (κ1) is 7.03. The SMILES string of the molecule is CC(CCO)C1CNC1. The molecule has 1 heterocycles. The smallest absolute Gasteiger partial charge is 0.0433 e. The van der Waals surface area contributed by atoms with Crippen molar-refractivity contribution in [1.82, 2.24) is 5.32 Å². The zero-order valence-corrected chi connectivity index (χ0v) is 5.93. The fourth-order valence-corrected chi connectivity index (χ4v) is 1.15. The minimum atomic E-state index is 0.345. The molecule has 1 rings (SSSR count). The monoisotopic (exact) mass is 129 g/mol. The van der Waals surface area contributed by atoms with Crippen molar-refractivity contribution in [2.45, 2.75) is 13.3 Å². The lowest BCUT2D eigenvalue weighted by atomic mass is 9.87. The molecule has 1 saturated heterocycles. The number of aliphatic hydroxyl groups excluding tert-OH is 1. The second kappa shape index (κ2) is 3.18. The van der Waals surface area contributed by atoms with Crippen molar-refractivity contribution in [2.24, 2.45) is 11.8 Å². The van der Waals surface area contributed by atoms with Gasteiger partial charge in [-0.3, -0.25) is 0 Å². The molecule has 0 aromatic rings. The van der Waals surface area contributed by atoms with Crippen LogP contribution < -0.4 is 5.32 Å². The maximum atomic E-state index is 8.58. The minimum Gasteiger partial charge on any atom is -0.396 e. The van der Waals surface area contributed by atoms with Crippen molar-refractivity contribution in [3.8, 4) is 0 Å². The summed E-state index contributed by atoms with van der Waals surface area (Å²) in [6.45, 7) is 4.86. The molecule has 0 aromatic heterocycles. The molecule has 0 amide bonds. The van der Waals surface area contributed by atoms with Crippen LogP contribution in [-0.4, -0.2) is 24.8 Å². The molecule has 1 fully saturated rings. The molecule has 2 nitrogen and oxygen atoms in total. The molecule has 1 atom stereocenters. The Hall–Kier alpha value is -0.0800. The van der Waals surface area contributed by atoms with Crippen LogP contribution in [0.2, 0.25) is 0 Å². The molecule has 0 radical (unpaired) electrons. The topological polar surface area (TPSA) is 32.3 Å². The number of hydrogen-bond donors (Lipinski definition) is 2. The molecule has 54 valence electrons. The quantitative estimate of drug-likeness (QED) is 0.571. The van der Waals surface area contributed by atoms with E-state index in [9.17, 15) is 0 Å². The van der Waals surface area contributed by atoms with Crippen LogP contribution in [0.4, 0.5) is 0 Å². The van der Waals surface area contributed by atoms with Gasteiger partial charge in [-0.1, -0.05) is 6.92 Å². The molecule has 0 aliphatic carbocycles. The molecule has 1 unspecified atom stereocenters. The first-order valence-electron chi connectivity index (χ1n) is 3.66. The second-order valence-corrected chi connectivity index (χ2v) is 2.91. The van der Waals surface area contributed by atoms with Gasteiger partial charge in [-0.15, -0.1) is 0 Å². The zero-order chi connectivity index (χ0) is 6.69. The van der Waals surface area contributed by atoms with Crippen LogP contribution in [-0.2, 0) is 0 Å². The Bertz CT molecular complexity index is 81.0. The van der Waals surface area contributed by atoms with Crippen molar-refractivity contribution in [3.05, 3.63) is 0 Å². The van der Waals surface area contributed by atoms with Crippen LogP contribution in [0.1, 0.15) is 13.3 Å². The maximum Gasteiger partial charge on any atom is 0.0433 e. The Morgan fingerprint density at radius 3 is 2.67 bits per heavy atom. The van der Waals surface area contributed by atoms with Gasteiger partial charge in [-0.05, 0) is 31.3 Å². The zero-order valence-electron chi connectivity index (χ0n) is 5.93. The largest absolute Gasteiger partial charge is 0.396 e. The standard InChI is InChI=1S/C7H15NO/c1-6(2-3-9)7-4-8-5-7/h6-9H,2-5H2,1H3. The third-order valence-corrected chi connectivity index (χ3v) is 2.20. The van der Waals surface area contributed by atoms with Crippen LogP contribution in [0.3, 0.4) is 0 Å². The molecule has 1 aliphatic rings. The van der Waals surface area contributed by atoms with Gasteiger partial charge in [0, 0.05) is 6.61 Å². The number of nitrogens with one attached hydrogen (secondary N) is 1. The lowest BCUT2D eigenvalue weighted by Crippen LogP contribution is -2.45. The summed E-state index contributed by atoms with van der Waals surface area (Å²) in [7, 11) is 0. The third kappa shape index (κ3) is 1.66. The summed E-state index contributed by atoms with van der Waals surface area (Å²) in [4.78, 5) is 0. The highest BCUT2D eigenvalue weighted by Gasteiger charge is 2.22. The van der Waals surface area contributed by atoms with Crippen LogP contribution >= 0.6 is 0 Å². The van der Waals surface area contributed by atoms with E-state index < -0.39 is 0 Å². The normalized spacial score (nSPS) is 23.3. The van der Waals surface area contributed by atoms with E-state index in [-0.39, 0.29) is 0 Å². The molecule has 0 spiro atoms. The van der Waals surface area contributed by atoms with Gasteiger partial charge in [0.25, 0.3) is 0 Å². The van der Waals surface area contributed by atoms with E-state index in [1.807, 2.05) is 0 Å². The van der Waals surface area contributed by atoms with Crippen LogP contribution in [0.5, 0.6) is 0 Å². The first-order chi connectivity index (χ1) is 4.34. The fraction of sp³-hybridized carbons (Fsp3) is 1.00. The summed E-state index contributed by atoms with van der Waals surface area (Å²) in [6, 6.07) is 0. The van der Waals surface area contributed by atoms with Gasteiger partial charge in [-0.25, -0.2) is 0 Å². The van der Waals surface area contributed by atoms with Gasteiger partial charge in [-0.2, -0.15) is 0 Å². The Morgan fingerprint density at radius 2 is 2.33 bits per heavy atom. The number of rotatable bonds is 3. The molecule has 0 aromatic carbocycles. The van der Waals surface area contributed by atoms with E-state index in [4.69, 9.17) is 5.11 Å². The van der Waals surface area contributed by atoms with E-state index in [0.29, 0.717) is 12.5 Å². The summed E-state index contributed by atoms with van der Waals surface area (Å²) in [5.74, 6) is 1.54. The molecule has 0 bridgehead atoms. The lowest BCUT2D eigenvalue weighted by molar-refractivity contribution is 0.190. The second-order valence-electron chi connectivity index (χ2n) is 2.91. The first-order valence-corrected chi connectivity index (χ1v) is 3.66. The van der Waals surface area contributed by atoms with Gasteiger partial charge < -0.3 is 10.4 Å². The number of hydrogen-bond acceptors (Lipinski definition) is 2. The number of aliphatic hydroxyl groups is 1. The van der Waals surface area contributed by atoms with Crippen LogP contribution in [0, 0.1) is 11.8 Å². The molecule has 9 heavy (non-hydrogen) atoms. The predicted molar refractivity (Wildman–Crippen MR) is 37.2 cm³/mol. The Kier molecular flexibility index (Phi) is 2.49. The fourth-order valence-electron chi connectivity index (χ4n) is 1.15. The molecule has 2 N–H and O–H groups in total. The lowest BCUT2D eigenvalue weighted by Gasteiger charge is -2.32. The summed E-state index contributed by atoms with van der Waals surface area (Å²) in [5, 5.41) is 11.8. The Balaban J connectivity index is 2.08. The van der Waals surface area contributed by atoms with Crippen molar-refractivity contribution in [1.29, 1.82) is 0 Å². The summed E-state index contributed by atoms with van der Waals surface area (Å²) in [6.07, 6.45) is 0.965. The van der Waals surface area contributed by atoms with E-state index in [2.05, 4.69) is 12.2 Å². The average molecular weight is 129 g/mol. The van der Waals surface area contributed by atoms with Crippen molar-refractivity contribution in [3.63, 3.8) is 0 Å². The van der Waals surface area contributed by atoms with E-state index in [0.717, 1.165) is 25.4 Å². The van der Waals surface area contributed by atoms with Crippen molar-refractivity contribution >= 4 is 0 Å². The van der Waals surface area contributed by atoms with E-state index >= 15 is 0 Å². The molecule has 1 aliphatic heterocycles. The van der Waals surface area contributed by atoms with E-state index in [1.165, 1.54) is 0 Å². The van der Waals surface area contributed by atoms with Gasteiger partial charge in [0.1, 0.15) is 0 Å². The molecule has 0 saturated carbocycles. The van der Waals surface area contributed by atoms with Crippen LogP contribution in [0.25, 0.3) is 0 Å². The predicted octanol–water partition coefficient (Wildman–Crippen LogP) is 0.224. The van der Waals surface area contributed by atoms with Crippen molar-refractivity contribution < 1.29 is 5.11 Å². The maximum absolute atomic E-state index is 8.58. The summed E-state index contributed by atoms with van der Waals surface area (Å²) < 4.78 is 0. The van der Waals surface area contributed by atoms with Crippen molar-refractivity contribution in [2.75, 3.05) is 19.7 Å². The Labute approximate surface area is 56.3 Å². The van der Waals surface area contributed by atoms with Gasteiger partial charge >= 0.3 is 0 Å². The van der Waals surface area contributed by atoms with Gasteiger partial charge in [0.2, 0.25) is 0 Å². The minimum absolute atomic E-state index is 0.345. The van der Waals surface area contributed by atoms with Crippen LogP contribution in [0.15, 0.2) is 0 Å². The molecule has 2 heteroatoms. The van der Waals surface area contributed by atoms with Gasteiger partial charge in [0.05, 0.1) is 0 Å². The average Bonchev–Trinajstić information content (AvgIpc) is 1.60. The molecular formula is C7H15NO.